The SMILES string of the molecule is CCN(Cc1ccc2c(c1)CCN2C)CC(C)(C)O. The van der Waals surface area contributed by atoms with Crippen molar-refractivity contribution in [3.05, 3.63) is 29.3 Å². The molecule has 1 heterocycles. The molecular weight excluding hydrogens is 236 g/mol. The predicted molar refractivity (Wildman–Crippen MR) is 80.7 cm³/mol. The minimum absolute atomic E-state index is 0.632. The molecular formula is C16H26N2O. The van der Waals surface area contributed by atoms with Crippen LogP contribution in [-0.2, 0) is 13.0 Å². The number of anilines is 1. The van der Waals surface area contributed by atoms with E-state index in [0.29, 0.717) is 6.54 Å². The maximum atomic E-state index is 9.94. The van der Waals surface area contributed by atoms with Crippen molar-refractivity contribution >= 4 is 5.69 Å². The first-order chi connectivity index (χ1) is 8.89. The van der Waals surface area contributed by atoms with Gasteiger partial charge in [-0.2, -0.15) is 0 Å². The second kappa shape index (κ2) is 5.51. The van der Waals surface area contributed by atoms with E-state index in [1.165, 1.54) is 16.8 Å². The van der Waals surface area contributed by atoms with Crippen LogP contribution in [0, 0.1) is 0 Å². The quantitative estimate of drug-likeness (QED) is 0.882. The summed E-state index contributed by atoms with van der Waals surface area (Å²) < 4.78 is 0. The first-order valence-electron chi connectivity index (χ1n) is 7.17. The van der Waals surface area contributed by atoms with Crippen LogP contribution in [0.3, 0.4) is 0 Å². The summed E-state index contributed by atoms with van der Waals surface area (Å²) in [5, 5.41) is 9.94. The molecule has 3 nitrogen and oxygen atoms in total. The van der Waals surface area contributed by atoms with Crippen molar-refractivity contribution in [3.8, 4) is 0 Å². The van der Waals surface area contributed by atoms with E-state index in [9.17, 15) is 5.11 Å². The minimum Gasteiger partial charge on any atom is -0.389 e. The first-order valence-corrected chi connectivity index (χ1v) is 7.17. The van der Waals surface area contributed by atoms with E-state index in [1.807, 2.05) is 13.8 Å². The Balaban J connectivity index is 2.06. The van der Waals surface area contributed by atoms with Gasteiger partial charge >= 0.3 is 0 Å². The summed E-state index contributed by atoms with van der Waals surface area (Å²) in [4.78, 5) is 4.61. The Morgan fingerprint density at radius 2 is 2.11 bits per heavy atom. The Bertz CT molecular complexity index is 437. The molecule has 0 saturated heterocycles. The fourth-order valence-corrected chi connectivity index (χ4v) is 2.80. The average Bonchev–Trinajstić information content (AvgIpc) is 2.68. The van der Waals surface area contributed by atoms with Crippen LogP contribution in [0.5, 0.6) is 0 Å². The van der Waals surface area contributed by atoms with Crippen molar-refractivity contribution < 1.29 is 5.11 Å². The Morgan fingerprint density at radius 1 is 1.37 bits per heavy atom. The largest absolute Gasteiger partial charge is 0.389 e. The van der Waals surface area contributed by atoms with Crippen LogP contribution in [0.4, 0.5) is 5.69 Å². The summed E-state index contributed by atoms with van der Waals surface area (Å²) in [7, 11) is 2.15. The molecule has 0 atom stereocenters. The molecule has 1 N–H and O–H groups in total. The summed E-state index contributed by atoms with van der Waals surface area (Å²) in [6.07, 6.45) is 1.15. The number of fused-ring (bicyclic) bond motifs is 1. The Hall–Kier alpha value is -1.06. The van der Waals surface area contributed by atoms with Crippen molar-refractivity contribution in [2.75, 3.05) is 31.6 Å². The molecule has 0 spiro atoms. The molecule has 1 aliphatic heterocycles. The molecule has 1 aromatic rings. The Morgan fingerprint density at radius 3 is 2.74 bits per heavy atom. The van der Waals surface area contributed by atoms with Crippen molar-refractivity contribution in [3.63, 3.8) is 0 Å². The van der Waals surface area contributed by atoms with Crippen LogP contribution in [0.1, 0.15) is 31.9 Å². The predicted octanol–water partition coefficient (Wildman–Crippen LogP) is 2.27. The second-order valence-corrected chi connectivity index (χ2v) is 6.25. The number of benzene rings is 1. The molecule has 3 heteroatoms. The van der Waals surface area contributed by atoms with Crippen LogP contribution >= 0.6 is 0 Å². The van der Waals surface area contributed by atoms with Gasteiger partial charge in [0.25, 0.3) is 0 Å². The normalized spacial score (nSPS) is 15.2. The Kier molecular flexibility index (Phi) is 4.16. The van der Waals surface area contributed by atoms with E-state index in [-0.39, 0.29) is 0 Å². The lowest BCUT2D eigenvalue weighted by molar-refractivity contribution is 0.0353. The van der Waals surface area contributed by atoms with Crippen molar-refractivity contribution in [2.24, 2.45) is 0 Å². The standard InChI is InChI=1S/C16H26N2O/c1-5-18(12-16(2,3)19)11-13-6-7-15-14(10-13)8-9-17(15)4/h6-7,10,19H,5,8-9,11-12H2,1-4H3. The summed E-state index contributed by atoms with van der Waals surface area (Å²) in [5.74, 6) is 0. The van der Waals surface area contributed by atoms with Crippen LogP contribution in [0.15, 0.2) is 18.2 Å². The van der Waals surface area contributed by atoms with Crippen molar-refractivity contribution in [2.45, 2.75) is 39.3 Å². The number of hydrogen-bond donors (Lipinski definition) is 1. The molecule has 0 aromatic heterocycles. The molecule has 19 heavy (non-hydrogen) atoms. The van der Waals surface area contributed by atoms with Gasteiger partial charge in [0.05, 0.1) is 5.60 Å². The van der Waals surface area contributed by atoms with Crippen LogP contribution < -0.4 is 4.90 Å². The molecule has 0 radical (unpaired) electrons. The van der Waals surface area contributed by atoms with Gasteiger partial charge in [-0.15, -0.1) is 0 Å². The first kappa shape index (κ1) is 14.4. The summed E-state index contributed by atoms with van der Waals surface area (Å²) in [5.41, 5.74) is 3.54. The number of nitrogens with zero attached hydrogens (tertiary/aromatic N) is 2. The highest BCUT2D eigenvalue weighted by Crippen LogP contribution is 2.27. The van der Waals surface area contributed by atoms with E-state index in [4.69, 9.17) is 0 Å². The van der Waals surface area contributed by atoms with Crippen molar-refractivity contribution in [1.82, 2.24) is 4.90 Å². The number of aliphatic hydroxyl groups is 1. The van der Waals surface area contributed by atoms with Gasteiger partial charge < -0.3 is 10.0 Å². The summed E-state index contributed by atoms with van der Waals surface area (Å²) >= 11 is 0. The molecule has 0 aliphatic carbocycles. The van der Waals surface area contributed by atoms with Gasteiger partial charge in [-0.3, -0.25) is 4.90 Å². The number of hydrogen-bond acceptors (Lipinski definition) is 3. The fraction of sp³-hybridized carbons (Fsp3) is 0.625. The molecule has 0 saturated carbocycles. The van der Waals surface area contributed by atoms with Gasteiger partial charge in [0, 0.05) is 32.4 Å². The topological polar surface area (TPSA) is 26.7 Å². The van der Waals surface area contributed by atoms with Gasteiger partial charge in [0.1, 0.15) is 0 Å². The molecule has 106 valence electrons. The molecule has 1 aliphatic rings. The van der Waals surface area contributed by atoms with Gasteiger partial charge in [-0.1, -0.05) is 19.1 Å². The van der Waals surface area contributed by atoms with E-state index in [1.54, 1.807) is 0 Å². The Labute approximate surface area is 116 Å². The van der Waals surface area contributed by atoms with Crippen LogP contribution in [0.2, 0.25) is 0 Å². The second-order valence-electron chi connectivity index (χ2n) is 6.25. The zero-order chi connectivity index (χ0) is 14.0. The minimum atomic E-state index is -0.632. The van der Waals surface area contributed by atoms with Crippen molar-refractivity contribution in [1.29, 1.82) is 0 Å². The molecule has 0 amide bonds. The summed E-state index contributed by atoms with van der Waals surface area (Å²) in [6.45, 7) is 9.59. The number of rotatable bonds is 5. The molecule has 0 bridgehead atoms. The van der Waals surface area contributed by atoms with E-state index >= 15 is 0 Å². The zero-order valence-corrected chi connectivity index (χ0v) is 12.6. The third kappa shape index (κ3) is 3.71. The molecule has 1 aromatic carbocycles. The molecule has 0 unspecified atom stereocenters. The lowest BCUT2D eigenvalue weighted by Gasteiger charge is -2.28. The van der Waals surface area contributed by atoms with Crippen LogP contribution in [-0.4, -0.2) is 42.3 Å². The monoisotopic (exact) mass is 262 g/mol. The van der Waals surface area contributed by atoms with E-state index in [0.717, 1.165) is 26.1 Å². The van der Waals surface area contributed by atoms with Crippen LogP contribution in [0.25, 0.3) is 0 Å². The number of likely N-dealkylation sites (N-methyl/N-ethyl adjacent to an activating group) is 2. The smallest absolute Gasteiger partial charge is 0.0718 e. The fourth-order valence-electron chi connectivity index (χ4n) is 2.80. The molecule has 0 fully saturated rings. The van der Waals surface area contributed by atoms with Gasteiger partial charge in [0.15, 0.2) is 0 Å². The average molecular weight is 262 g/mol. The highest BCUT2D eigenvalue weighted by molar-refractivity contribution is 5.58. The highest BCUT2D eigenvalue weighted by Gasteiger charge is 2.19. The third-order valence-electron chi connectivity index (χ3n) is 3.74. The van der Waals surface area contributed by atoms with Gasteiger partial charge in [0.2, 0.25) is 0 Å². The highest BCUT2D eigenvalue weighted by atomic mass is 16.3. The maximum absolute atomic E-state index is 9.94. The molecule has 2 rings (SSSR count). The third-order valence-corrected chi connectivity index (χ3v) is 3.74. The maximum Gasteiger partial charge on any atom is 0.0718 e. The lowest BCUT2D eigenvalue weighted by atomic mass is 10.1. The van der Waals surface area contributed by atoms with Gasteiger partial charge in [-0.25, -0.2) is 0 Å². The zero-order valence-electron chi connectivity index (χ0n) is 12.6. The van der Waals surface area contributed by atoms with E-state index in [2.05, 4.69) is 42.0 Å². The lowest BCUT2D eigenvalue weighted by Crippen LogP contribution is -2.38. The van der Waals surface area contributed by atoms with Gasteiger partial charge in [-0.05, 0) is 44.0 Å². The van der Waals surface area contributed by atoms with E-state index < -0.39 is 5.60 Å². The summed E-state index contributed by atoms with van der Waals surface area (Å²) in [6, 6.07) is 6.77.